The Morgan fingerprint density at radius 3 is 2.52 bits per heavy atom. The molecule has 1 aromatic rings. The number of aliphatic hydroxyl groups excluding tert-OH is 2. The molecule has 0 unspecified atom stereocenters. The van der Waals surface area contributed by atoms with Crippen LogP contribution in [0.25, 0.3) is 0 Å². The highest BCUT2D eigenvalue weighted by Gasteiger charge is 2.42. The summed E-state index contributed by atoms with van der Waals surface area (Å²) in [5, 5.41) is 22.7. The van der Waals surface area contributed by atoms with Crippen molar-refractivity contribution < 1.29 is 19.7 Å². The predicted molar refractivity (Wildman–Crippen MR) is 104 cm³/mol. The Bertz CT molecular complexity index is 606. The van der Waals surface area contributed by atoms with Gasteiger partial charge in [0.15, 0.2) is 0 Å². The number of aliphatic hydroxyl groups is 2. The molecule has 150 valence electrons. The van der Waals surface area contributed by atoms with Gasteiger partial charge in [0, 0.05) is 19.6 Å². The normalized spacial score (nSPS) is 27.3. The highest BCUT2D eigenvalue weighted by Crippen LogP contribution is 2.36. The van der Waals surface area contributed by atoms with E-state index in [0.717, 1.165) is 25.0 Å². The van der Waals surface area contributed by atoms with E-state index >= 15 is 0 Å². The van der Waals surface area contributed by atoms with Crippen molar-refractivity contribution in [3.8, 4) is 5.75 Å². The smallest absolute Gasteiger partial charge is 0.317 e. The van der Waals surface area contributed by atoms with Gasteiger partial charge in [0.2, 0.25) is 0 Å². The number of nitrogens with one attached hydrogen (secondary N) is 1. The Kier molecular flexibility index (Phi) is 6.96. The second-order valence-corrected chi connectivity index (χ2v) is 7.82. The van der Waals surface area contributed by atoms with E-state index in [0.29, 0.717) is 50.9 Å². The summed E-state index contributed by atoms with van der Waals surface area (Å²) in [5.74, 6) is 1.54. The van der Waals surface area contributed by atoms with Crippen molar-refractivity contribution in [2.75, 3.05) is 26.2 Å². The molecule has 1 saturated heterocycles. The minimum atomic E-state index is -0.649. The number of rotatable bonds is 7. The second-order valence-electron chi connectivity index (χ2n) is 7.82. The maximum absolute atomic E-state index is 12.4. The number of likely N-dealkylation sites (tertiary alicyclic amines) is 1. The standard InChI is InChI=1S/C21H32N2O4/c1-2-10-27-20-8-4-3-6-15(20)7-5-9-22-21(26)23-13-16-11-18(24)19(25)12-17(16)14-23/h3-4,6,8,16-19,24-25H,2,5,7,9-14H2,1H3,(H,22,26)/t16-,17+,18-,19-/m0/s1. The van der Waals surface area contributed by atoms with Gasteiger partial charge in [0.25, 0.3) is 0 Å². The van der Waals surface area contributed by atoms with E-state index in [1.807, 2.05) is 23.1 Å². The van der Waals surface area contributed by atoms with E-state index < -0.39 is 12.2 Å². The lowest BCUT2D eigenvalue weighted by Crippen LogP contribution is -2.39. The molecular formula is C21H32N2O4. The number of benzene rings is 1. The minimum Gasteiger partial charge on any atom is -0.493 e. The molecule has 1 aliphatic heterocycles. The van der Waals surface area contributed by atoms with E-state index in [4.69, 9.17) is 4.74 Å². The van der Waals surface area contributed by atoms with Gasteiger partial charge in [0.05, 0.1) is 18.8 Å². The molecule has 3 rings (SSSR count). The highest BCUT2D eigenvalue weighted by molar-refractivity contribution is 5.74. The predicted octanol–water partition coefficient (Wildman–Crippen LogP) is 2.18. The monoisotopic (exact) mass is 376 g/mol. The number of carbonyl (C=O) groups excluding carboxylic acids is 1. The van der Waals surface area contributed by atoms with Crippen LogP contribution in [0, 0.1) is 11.8 Å². The number of amides is 2. The van der Waals surface area contributed by atoms with E-state index in [-0.39, 0.29) is 6.03 Å². The van der Waals surface area contributed by atoms with E-state index in [1.165, 1.54) is 5.56 Å². The summed E-state index contributed by atoms with van der Waals surface area (Å²) in [6.45, 7) is 4.78. The molecule has 2 fully saturated rings. The number of para-hydroxylation sites is 1. The van der Waals surface area contributed by atoms with Crippen LogP contribution in [-0.2, 0) is 6.42 Å². The van der Waals surface area contributed by atoms with Crippen molar-refractivity contribution in [2.45, 2.75) is 51.2 Å². The first kappa shape index (κ1) is 20.0. The number of hydrogen-bond acceptors (Lipinski definition) is 4. The lowest BCUT2D eigenvalue weighted by Gasteiger charge is -2.31. The van der Waals surface area contributed by atoms with Crippen molar-refractivity contribution in [1.29, 1.82) is 0 Å². The number of carbonyl (C=O) groups is 1. The van der Waals surface area contributed by atoms with Gasteiger partial charge in [0.1, 0.15) is 5.75 Å². The maximum atomic E-state index is 12.4. The molecule has 4 atom stereocenters. The molecule has 0 radical (unpaired) electrons. The van der Waals surface area contributed by atoms with Crippen LogP contribution in [0.4, 0.5) is 4.79 Å². The van der Waals surface area contributed by atoms with Crippen molar-refractivity contribution in [3.63, 3.8) is 0 Å². The first-order chi connectivity index (χ1) is 13.1. The van der Waals surface area contributed by atoms with Crippen LogP contribution in [0.1, 0.15) is 38.2 Å². The molecule has 0 spiro atoms. The number of nitrogens with zero attached hydrogens (tertiary/aromatic N) is 1. The Morgan fingerprint density at radius 1 is 1.19 bits per heavy atom. The van der Waals surface area contributed by atoms with Crippen LogP contribution in [0.5, 0.6) is 5.75 Å². The van der Waals surface area contributed by atoms with E-state index in [1.54, 1.807) is 0 Å². The number of hydrogen-bond donors (Lipinski definition) is 3. The fourth-order valence-corrected chi connectivity index (χ4v) is 4.22. The molecule has 3 N–H and O–H groups in total. The molecule has 1 heterocycles. The van der Waals surface area contributed by atoms with Crippen LogP contribution in [-0.4, -0.2) is 59.6 Å². The van der Waals surface area contributed by atoms with Gasteiger partial charge >= 0.3 is 6.03 Å². The fraction of sp³-hybridized carbons (Fsp3) is 0.667. The first-order valence-corrected chi connectivity index (χ1v) is 10.2. The Labute approximate surface area is 161 Å². The molecule has 6 heteroatoms. The first-order valence-electron chi connectivity index (χ1n) is 10.2. The molecular weight excluding hydrogens is 344 g/mol. The highest BCUT2D eigenvalue weighted by atomic mass is 16.5. The summed E-state index contributed by atoms with van der Waals surface area (Å²) < 4.78 is 5.78. The third kappa shape index (κ3) is 5.14. The zero-order valence-corrected chi connectivity index (χ0v) is 16.1. The van der Waals surface area contributed by atoms with Crippen LogP contribution in [0.3, 0.4) is 0 Å². The maximum Gasteiger partial charge on any atom is 0.317 e. The topological polar surface area (TPSA) is 82.0 Å². The van der Waals surface area contributed by atoms with E-state index in [9.17, 15) is 15.0 Å². The molecule has 6 nitrogen and oxygen atoms in total. The zero-order valence-electron chi connectivity index (χ0n) is 16.1. The SMILES string of the molecule is CCCOc1ccccc1CCCNC(=O)N1C[C@H]2C[C@H](O)[C@@H](O)C[C@H]2C1. The second kappa shape index (κ2) is 9.42. The van der Waals surface area contributed by atoms with Gasteiger partial charge < -0.3 is 25.2 Å². The van der Waals surface area contributed by atoms with Gasteiger partial charge in [-0.25, -0.2) is 4.79 Å². The van der Waals surface area contributed by atoms with Crippen molar-refractivity contribution in [1.82, 2.24) is 10.2 Å². The van der Waals surface area contributed by atoms with Crippen LogP contribution in [0.2, 0.25) is 0 Å². The summed E-state index contributed by atoms with van der Waals surface area (Å²) in [4.78, 5) is 14.3. The summed E-state index contributed by atoms with van der Waals surface area (Å²) >= 11 is 0. The summed E-state index contributed by atoms with van der Waals surface area (Å²) in [5.41, 5.74) is 1.18. The van der Waals surface area contributed by atoms with Crippen molar-refractivity contribution in [3.05, 3.63) is 29.8 Å². The van der Waals surface area contributed by atoms with Gasteiger partial charge in [-0.05, 0) is 55.6 Å². The largest absolute Gasteiger partial charge is 0.493 e. The molecule has 27 heavy (non-hydrogen) atoms. The van der Waals surface area contributed by atoms with Gasteiger partial charge in [-0.2, -0.15) is 0 Å². The van der Waals surface area contributed by atoms with Gasteiger partial charge in [-0.15, -0.1) is 0 Å². The average Bonchev–Trinajstić information content (AvgIpc) is 3.07. The molecule has 2 aliphatic rings. The Balaban J connectivity index is 1.41. The summed E-state index contributed by atoms with van der Waals surface area (Å²) in [7, 11) is 0. The zero-order chi connectivity index (χ0) is 19.2. The Hall–Kier alpha value is -1.79. The number of fused-ring (bicyclic) bond motifs is 1. The molecule has 1 saturated carbocycles. The lowest BCUT2D eigenvalue weighted by molar-refractivity contribution is -0.0372. The van der Waals surface area contributed by atoms with Crippen molar-refractivity contribution in [2.24, 2.45) is 11.8 Å². The molecule has 1 aromatic carbocycles. The molecule has 0 aromatic heterocycles. The van der Waals surface area contributed by atoms with Crippen LogP contribution < -0.4 is 10.1 Å². The van der Waals surface area contributed by atoms with Crippen molar-refractivity contribution >= 4 is 6.03 Å². The lowest BCUT2D eigenvalue weighted by atomic mass is 9.79. The number of ether oxygens (including phenoxy) is 1. The number of urea groups is 1. The number of aryl methyl sites for hydroxylation is 1. The fourth-order valence-electron chi connectivity index (χ4n) is 4.22. The average molecular weight is 376 g/mol. The quantitative estimate of drug-likeness (QED) is 0.637. The van der Waals surface area contributed by atoms with E-state index in [2.05, 4.69) is 18.3 Å². The minimum absolute atomic E-state index is 0.0381. The molecule has 2 amide bonds. The molecule has 1 aliphatic carbocycles. The summed E-state index contributed by atoms with van der Waals surface area (Å²) in [6, 6.07) is 8.04. The molecule has 0 bridgehead atoms. The third-order valence-corrected chi connectivity index (χ3v) is 5.73. The van der Waals surface area contributed by atoms with Gasteiger partial charge in [-0.1, -0.05) is 25.1 Å². The van der Waals surface area contributed by atoms with Gasteiger partial charge in [-0.3, -0.25) is 0 Å². The Morgan fingerprint density at radius 2 is 1.85 bits per heavy atom. The third-order valence-electron chi connectivity index (χ3n) is 5.73. The van der Waals surface area contributed by atoms with Crippen LogP contribution >= 0.6 is 0 Å². The van der Waals surface area contributed by atoms with Crippen LogP contribution in [0.15, 0.2) is 24.3 Å². The summed E-state index contributed by atoms with van der Waals surface area (Å²) in [6.07, 6.45) is 2.58.